The van der Waals surface area contributed by atoms with Gasteiger partial charge < -0.3 is 5.32 Å². The van der Waals surface area contributed by atoms with E-state index < -0.39 is 33.4 Å². The van der Waals surface area contributed by atoms with E-state index in [9.17, 15) is 18.0 Å². The van der Waals surface area contributed by atoms with Gasteiger partial charge in [-0.05, 0) is 48.5 Å². The molecule has 3 aromatic rings. The molecule has 1 heterocycles. The van der Waals surface area contributed by atoms with Crippen molar-refractivity contribution in [3.05, 3.63) is 84.7 Å². The molecule has 31 heavy (non-hydrogen) atoms. The minimum atomic E-state index is -3.94. The Kier molecular flexibility index (Phi) is 7.40. The van der Waals surface area contributed by atoms with Crippen molar-refractivity contribution in [3.8, 4) is 0 Å². The first-order chi connectivity index (χ1) is 14.9. The lowest BCUT2D eigenvalue weighted by molar-refractivity contribution is -0.130. The fraction of sp³-hybridized carbons (Fsp3) is 0.0952. The second-order valence-corrected chi connectivity index (χ2v) is 9.59. The molecule has 2 aromatic carbocycles. The Morgan fingerprint density at radius 2 is 1.65 bits per heavy atom. The van der Waals surface area contributed by atoms with E-state index in [-0.39, 0.29) is 10.5 Å². The SMILES string of the molecule is O=C(NC(CS(=O)(=O)c1ccc(Sc2ccccc2)cc1)C(=O)NO)c1cccnc1. The molecular weight excluding hydrogens is 438 g/mol. The maximum absolute atomic E-state index is 12.8. The van der Waals surface area contributed by atoms with Crippen molar-refractivity contribution in [3.63, 3.8) is 0 Å². The number of hydroxylamine groups is 1. The van der Waals surface area contributed by atoms with Gasteiger partial charge in [0, 0.05) is 22.2 Å². The van der Waals surface area contributed by atoms with Crippen LogP contribution in [0.25, 0.3) is 0 Å². The molecule has 0 fully saturated rings. The number of nitrogens with zero attached hydrogens (tertiary/aromatic N) is 1. The number of aromatic nitrogens is 1. The van der Waals surface area contributed by atoms with Crippen molar-refractivity contribution in [1.82, 2.24) is 15.8 Å². The molecular formula is C21H19N3O5S2. The number of carbonyl (C=O) groups is 2. The minimum absolute atomic E-state index is 0.00345. The molecule has 10 heteroatoms. The zero-order valence-corrected chi connectivity index (χ0v) is 17.8. The van der Waals surface area contributed by atoms with Crippen molar-refractivity contribution in [2.24, 2.45) is 0 Å². The summed E-state index contributed by atoms with van der Waals surface area (Å²) in [6, 6.07) is 17.3. The number of pyridine rings is 1. The molecule has 1 unspecified atom stereocenters. The second kappa shape index (κ2) is 10.2. The maximum Gasteiger partial charge on any atom is 0.266 e. The van der Waals surface area contributed by atoms with Gasteiger partial charge in [-0.15, -0.1) is 0 Å². The number of benzene rings is 2. The van der Waals surface area contributed by atoms with Crippen LogP contribution in [0.5, 0.6) is 0 Å². The summed E-state index contributed by atoms with van der Waals surface area (Å²) in [5, 5.41) is 11.3. The largest absolute Gasteiger partial charge is 0.339 e. The summed E-state index contributed by atoms with van der Waals surface area (Å²) in [6.07, 6.45) is 2.75. The summed E-state index contributed by atoms with van der Waals surface area (Å²) in [5.41, 5.74) is 1.55. The highest BCUT2D eigenvalue weighted by Crippen LogP contribution is 2.28. The first kappa shape index (κ1) is 22.5. The van der Waals surface area contributed by atoms with Crippen LogP contribution in [-0.4, -0.2) is 42.2 Å². The van der Waals surface area contributed by atoms with E-state index in [0.29, 0.717) is 0 Å². The summed E-state index contributed by atoms with van der Waals surface area (Å²) in [6.45, 7) is 0. The first-order valence-electron chi connectivity index (χ1n) is 9.09. The van der Waals surface area contributed by atoms with Gasteiger partial charge in [0.25, 0.3) is 11.8 Å². The van der Waals surface area contributed by atoms with Gasteiger partial charge in [-0.3, -0.25) is 19.8 Å². The van der Waals surface area contributed by atoms with Gasteiger partial charge in [0.15, 0.2) is 9.84 Å². The predicted octanol–water partition coefficient (Wildman–Crippen LogP) is 2.31. The number of hydrogen-bond acceptors (Lipinski definition) is 7. The van der Waals surface area contributed by atoms with E-state index in [0.717, 1.165) is 9.79 Å². The summed E-state index contributed by atoms with van der Waals surface area (Å²) in [5.74, 6) is -2.46. The summed E-state index contributed by atoms with van der Waals surface area (Å²) >= 11 is 1.48. The lowest BCUT2D eigenvalue weighted by Crippen LogP contribution is -2.49. The van der Waals surface area contributed by atoms with Crippen molar-refractivity contribution < 1.29 is 23.2 Å². The molecule has 160 valence electrons. The second-order valence-electron chi connectivity index (χ2n) is 6.41. The lowest BCUT2D eigenvalue weighted by Gasteiger charge is -2.17. The van der Waals surface area contributed by atoms with Crippen LogP contribution >= 0.6 is 11.8 Å². The van der Waals surface area contributed by atoms with Crippen LogP contribution in [0.1, 0.15) is 10.4 Å². The van der Waals surface area contributed by atoms with E-state index in [1.54, 1.807) is 12.1 Å². The van der Waals surface area contributed by atoms with Crippen LogP contribution in [0.2, 0.25) is 0 Å². The van der Waals surface area contributed by atoms with Crippen LogP contribution in [0, 0.1) is 0 Å². The molecule has 0 aliphatic carbocycles. The molecule has 1 aromatic heterocycles. The predicted molar refractivity (Wildman–Crippen MR) is 114 cm³/mol. The zero-order valence-electron chi connectivity index (χ0n) is 16.1. The van der Waals surface area contributed by atoms with Crippen molar-refractivity contribution >= 4 is 33.4 Å². The topological polar surface area (TPSA) is 125 Å². The Balaban J connectivity index is 1.74. The molecule has 3 rings (SSSR count). The quantitative estimate of drug-likeness (QED) is 0.350. The first-order valence-corrected chi connectivity index (χ1v) is 11.6. The van der Waals surface area contributed by atoms with Crippen molar-refractivity contribution in [2.45, 2.75) is 20.7 Å². The number of sulfone groups is 1. The Hall–Kier alpha value is -3.21. The van der Waals surface area contributed by atoms with Crippen molar-refractivity contribution in [2.75, 3.05) is 5.75 Å². The van der Waals surface area contributed by atoms with Crippen LogP contribution in [0.3, 0.4) is 0 Å². The molecule has 0 spiro atoms. The van der Waals surface area contributed by atoms with Crippen molar-refractivity contribution in [1.29, 1.82) is 0 Å². The average molecular weight is 458 g/mol. The van der Waals surface area contributed by atoms with E-state index in [1.807, 2.05) is 30.3 Å². The van der Waals surface area contributed by atoms with E-state index in [4.69, 9.17) is 5.21 Å². The summed E-state index contributed by atoms with van der Waals surface area (Å²) in [4.78, 5) is 30.0. The average Bonchev–Trinajstić information content (AvgIpc) is 2.79. The molecule has 0 radical (unpaired) electrons. The van der Waals surface area contributed by atoms with Gasteiger partial charge in [0.2, 0.25) is 0 Å². The van der Waals surface area contributed by atoms with E-state index in [1.165, 1.54) is 53.9 Å². The molecule has 1 atom stereocenters. The molecule has 3 N–H and O–H groups in total. The van der Waals surface area contributed by atoms with Gasteiger partial charge in [0.1, 0.15) is 6.04 Å². The summed E-state index contributed by atoms with van der Waals surface area (Å²) < 4.78 is 25.6. The molecule has 0 aliphatic heterocycles. The third-order valence-corrected chi connectivity index (χ3v) is 6.98. The molecule has 0 bridgehead atoms. The normalized spacial score (nSPS) is 12.0. The van der Waals surface area contributed by atoms with Crippen LogP contribution in [-0.2, 0) is 14.6 Å². The highest BCUT2D eigenvalue weighted by Gasteiger charge is 2.28. The number of rotatable bonds is 8. The fourth-order valence-electron chi connectivity index (χ4n) is 2.65. The third kappa shape index (κ3) is 6.14. The standard InChI is InChI=1S/C21H19N3O5S2/c25-20(15-5-4-12-22-13-15)23-19(21(26)24-27)14-31(28,29)18-10-8-17(9-11-18)30-16-6-2-1-3-7-16/h1-13,19,27H,14H2,(H,23,25)(H,24,26). The Labute approximate surface area is 183 Å². The van der Waals surface area contributed by atoms with Crippen LogP contribution < -0.4 is 10.8 Å². The van der Waals surface area contributed by atoms with Gasteiger partial charge in [-0.1, -0.05) is 30.0 Å². The number of carbonyl (C=O) groups excluding carboxylic acids is 2. The van der Waals surface area contributed by atoms with Gasteiger partial charge in [0.05, 0.1) is 16.2 Å². The minimum Gasteiger partial charge on any atom is -0.339 e. The van der Waals surface area contributed by atoms with Gasteiger partial charge >= 0.3 is 0 Å². The smallest absolute Gasteiger partial charge is 0.266 e. The number of nitrogens with one attached hydrogen (secondary N) is 2. The maximum atomic E-state index is 12.8. The lowest BCUT2D eigenvalue weighted by atomic mass is 10.2. The molecule has 0 saturated carbocycles. The van der Waals surface area contributed by atoms with E-state index in [2.05, 4.69) is 10.3 Å². The summed E-state index contributed by atoms with van der Waals surface area (Å²) in [7, 11) is -3.94. The van der Waals surface area contributed by atoms with Crippen LogP contribution in [0.15, 0.2) is 93.8 Å². The molecule has 2 amide bonds. The van der Waals surface area contributed by atoms with Gasteiger partial charge in [-0.2, -0.15) is 0 Å². The molecule has 8 nitrogen and oxygen atoms in total. The zero-order chi connectivity index (χ0) is 22.3. The Morgan fingerprint density at radius 1 is 0.968 bits per heavy atom. The van der Waals surface area contributed by atoms with E-state index >= 15 is 0 Å². The van der Waals surface area contributed by atoms with Gasteiger partial charge in [-0.25, -0.2) is 13.9 Å². The third-order valence-electron chi connectivity index (χ3n) is 4.20. The Morgan fingerprint density at radius 3 is 2.26 bits per heavy atom. The monoisotopic (exact) mass is 457 g/mol. The van der Waals surface area contributed by atoms with Crippen LogP contribution in [0.4, 0.5) is 0 Å². The molecule has 0 saturated heterocycles. The number of amides is 2. The number of hydrogen-bond donors (Lipinski definition) is 3. The highest BCUT2D eigenvalue weighted by molar-refractivity contribution is 7.99. The molecule has 0 aliphatic rings. The highest BCUT2D eigenvalue weighted by atomic mass is 32.2. The Bertz CT molecular complexity index is 1140. The fourth-order valence-corrected chi connectivity index (χ4v) is 4.91.